The van der Waals surface area contributed by atoms with Crippen molar-refractivity contribution in [2.75, 3.05) is 7.11 Å². The molecular weight excluding hydrogens is 262 g/mol. The molecule has 0 N–H and O–H groups in total. The van der Waals surface area contributed by atoms with Crippen molar-refractivity contribution in [3.8, 4) is 5.75 Å². The molecule has 5 heteroatoms. The second-order valence-corrected chi connectivity index (χ2v) is 4.16. The Labute approximate surface area is 96.5 Å². The summed E-state index contributed by atoms with van der Waals surface area (Å²) in [5.41, 5.74) is 0.923. The van der Waals surface area contributed by atoms with E-state index < -0.39 is 6.04 Å². The molecule has 1 atom stereocenters. The topological polar surface area (TPSA) is 52.4 Å². The molecule has 0 heterocycles. The van der Waals surface area contributed by atoms with E-state index in [0.29, 0.717) is 6.42 Å². The van der Waals surface area contributed by atoms with Gasteiger partial charge in [-0.05, 0) is 33.6 Å². The maximum Gasteiger partial charge on any atom is 0.214 e. The van der Waals surface area contributed by atoms with Crippen LogP contribution in [-0.4, -0.2) is 18.1 Å². The highest BCUT2D eigenvalue weighted by Crippen LogP contribution is 2.26. The average molecular weight is 274 g/mol. The molecule has 0 fully saturated rings. The Morgan fingerprint density at radius 2 is 2.27 bits per heavy atom. The Hall–Kier alpha value is -1.10. The Morgan fingerprint density at radius 3 is 2.73 bits per heavy atom. The van der Waals surface area contributed by atoms with Crippen LogP contribution in [0.2, 0.25) is 0 Å². The lowest BCUT2D eigenvalue weighted by Crippen LogP contribution is -2.17. The Bertz CT molecular complexity index is 368. The van der Waals surface area contributed by atoms with Gasteiger partial charge in [-0.1, -0.05) is 6.07 Å². The van der Waals surface area contributed by atoms with Crippen molar-refractivity contribution in [3.63, 3.8) is 0 Å². The van der Waals surface area contributed by atoms with Crippen molar-refractivity contribution < 1.29 is 9.66 Å². The summed E-state index contributed by atoms with van der Waals surface area (Å²) >= 11 is 3.34. The number of nitrogens with zero attached hydrogens (tertiary/aromatic N) is 1. The molecule has 0 aromatic heterocycles. The average Bonchev–Trinajstić information content (AvgIpc) is 2.18. The highest BCUT2D eigenvalue weighted by atomic mass is 79.9. The van der Waals surface area contributed by atoms with E-state index in [1.165, 1.54) is 0 Å². The smallest absolute Gasteiger partial charge is 0.214 e. The van der Waals surface area contributed by atoms with Gasteiger partial charge in [0.15, 0.2) is 0 Å². The maximum atomic E-state index is 10.5. The summed E-state index contributed by atoms with van der Waals surface area (Å²) in [5, 5.41) is 10.5. The fraction of sp³-hybridized carbons (Fsp3) is 0.400. The summed E-state index contributed by atoms with van der Waals surface area (Å²) in [6.07, 6.45) is 0.426. The van der Waals surface area contributed by atoms with Crippen molar-refractivity contribution in [3.05, 3.63) is 38.3 Å². The van der Waals surface area contributed by atoms with E-state index in [9.17, 15) is 10.1 Å². The molecule has 0 amide bonds. The van der Waals surface area contributed by atoms with Gasteiger partial charge in [-0.15, -0.1) is 0 Å². The van der Waals surface area contributed by atoms with E-state index in [0.717, 1.165) is 15.8 Å². The number of benzene rings is 1. The normalized spacial score (nSPS) is 12.2. The minimum atomic E-state index is -0.565. The van der Waals surface area contributed by atoms with Gasteiger partial charge in [-0.25, -0.2) is 0 Å². The van der Waals surface area contributed by atoms with E-state index >= 15 is 0 Å². The molecule has 82 valence electrons. The summed E-state index contributed by atoms with van der Waals surface area (Å²) in [7, 11) is 1.58. The van der Waals surface area contributed by atoms with Crippen LogP contribution in [0.25, 0.3) is 0 Å². The van der Waals surface area contributed by atoms with E-state index in [-0.39, 0.29) is 4.92 Å². The summed E-state index contributed by atoms with van der Waals surface area (Å²) in [5.74, 6) is 0.729. The van der Waals surface area contributed by atoms with Crippen LogP contribution in [0, 0.1) is 10.1 Å². The molecule has 1 aromatic rings. The van der Waals surface area contributed by atoms with E-state index in [1.54, 1.807) is 20.1 Å². The molecule has 0 spiro atoms. The zero-order valence-corrected chi connectivity index (χ0v) is 10.2. The van der Waals surface area contributed by atoms with Gasteiger partial charge in [0.2, 0.25) is 6.04 Å². The van der Waals surface area contributed by atoms with Crippen LogP contribution >= 0.6 is 15.9 Å². The van der Waals surface area contributed by atoms with Gasteiger partial charge in [0.1, 0.15) is 5.75 Å². The quantitative estimate of drug-likeness (QED) is 0.626. The number of hydrogen-bond acceptors (Lipinski definition) is 3. The second kappa shape index (κ2) is 5.11. The third kappa shape index (κ3) is 3.20. The van der Waals surface area contributed by atoms with Crippen LogP contribution in [0.5, 0.6) is 5.75 Å². The maximum absolute atomic E-state index is 10.5. The van der Waals surface area contributed by atoms with Crippen molar-refractivity contribution in [2.45, 2.75) is 19.4 Å². The molecule has 4 nitrogen and oxygen atoms in total. The van der Waals surface area contributed by atoms with Gasteiger partial charge in [0.05, 0.1) is 11.6 Å². The standard InChI is InChI=1S/C10H12BrNO3/c1-7(12(13)14)5-8-3-4-10(15-2)9(11)6-8/h3-4,6-7H,5H2,1-2H3. The van der Waals surface area contributed by atoms with Crippen LogP contribution in [0.3, 0.4) is 0 Å². The lowest BCUT2D eigenvalue weighted by molar-refractivity contribution is -0.517. The van der Waals surface area contributed by atoms with Crippen LogP contribution in [0.15, 0.2) is 22.7 Å². The minimum absolute atomic E-state index is 0.280. The van der Waals surface area contributed by atoms with Crippen molar-refractivity contribution >= 4 is 15.9 Å². The predicted molar refractivity (Wildman–Crippen MR) is 60.9 cm³/mol. The Kier molecular flexibility index (Phi) is 4.08. The van der Waals surface area contributed by atoms with Gasteiger partial charge >= 0.3 is 0 Å². The molecular formula is C10H12BrNO3. The van der Waals surface area contributed by atoms with Crippen LogP contribution in [0.1, 0.15) is 12.5 Å². The number of nitro groups is 1. The highest BCUT2D eigenvalue weighted by Gasteiger charge is 2.14. The molecule has 0 bridgehead atoms. The molecule has 15 heavy (non-hydrogen) atoms. The third-order valence-electron chi connectivity index (χ3n) is 2.11. The van der Waals surface area contributed by atoms with Gasteiger partial charge < -0.3 is 4.74 Å². The molecule has 0 aliphatic heterocycles. The van der Waals surface area contributed by atoms with Crippen molar-refractivity contribution in [1.82, 2.24) is 0 Å². The first-order valence-corrected chi connectivity index (χ1v) is 5.29. The molecule has 0 radical (unpaired) electrons. The van der Waals surface area contributed by atoms with Crippen LogP contribution in [0.4, 0.5) is 0 Å². The summed E-state index contributed by atoms with van der Waals surface area (Å²) in [6.45, 7) is 1.60. The molecule has 0 saturated heterocycles. The zero-order valence-electron chi connectivity index (χ0n) is 8.57. The summed E-state index contributed by atoms with van der Waals surface area (Å²) in [6, 6.07) is 4.92. The highest BCUT2D eigenvalue weighted by molar-refractivity contribution is 9.10. The predicted octanol–water partition coefficient (Wildman–Crippen LogP) is 2.67. The lowest BCUT2D eigenvalue weighted by Gasteiger charge is -2.07. The number of ether oxygens (including phenoxy) is 1. The fourth-order valence-electron chi connectivity index (χ4n) is 1.25. The SMILES string of the molecule is COc1ccc(CC(C)[N+](=O)[O-])cc1Br. The van der Waals surface area contributed by atoms with Crippen LogP contribution in [-0.2, 0) is 6.42 Å². The molecule has 0 aliphatic carbocycles. The lowest BCUT2D eigenvalue weighted by atomic mass is 10.1. The summed E-state index contributed by atoms with van der Waals surface area (Å²) in [4.78, 5) is 10.2. The third-order valence-corrected chi connectivity index (χ3v) is 2.73. The largest absolute Gasteiger partial charge is 0.496 e. The number of halogens is 1. The fourth-order valence-corrected chi connectivity index (χ4v) is 1.84. The van der Waals surface area contributed by atoms with Crippen LogP contribution < -0.4 is 4.74 Å². The van der Waals surface area contributed by atoms with Crippen molar-refractivity contribution in [2.24, 2.45) is 0 Å². The monoisotopic (exact) mass is 273 g/mol. The second-order valence-electron chi connectivity index (χ2n) is 3.31. The van der Waals surface area contributed by atoms with Crippen molar-refractivity contribution in [1.29, 1.82) is 0 Å². The Morgan fingerprint density at radius 1 is 1.60 bits per heavy atom. The van der Waals surface area contributed by atoms with Gasteiger partial charge in [-0.3, -0.25) is 10.1 Å². The Balaban J connectivity index is 2.79. The number of methoxy groups -OCH3 is 1. The molecule has 1 rings (SSSR count). The first kappa shape index (κ1) is 12.0. The molecule has 1 aromatic carbocycles. The van der Waals surface area contributed by atoms with E-state index in [1.807, 2.05) is 12.1 Å². The van der Waals surface area contributed by atoms with E-state index in [4.69, 9.17) is 4.74 Å². The summed E-state index contributed by atoms with van der Waals surface area (Å²) < 4.78 is 5.89. The first-order valence-electron chi connectivity index (χ1n) is 4.50. The first-order chi connectivity index (χ1) is 7.04. The zero-order chi connectivity index (χ0) is 11.4. The number of hydrogen-bond donors (Lipinski definition) is 0. The molecule has 1 unspecified atom stereocenters. The van der Waals surface area contributed by atoms with Gasteiger partial charge in [0, 0.05) is 18.3 Å². The molecule has 0 saturated carbocycles. The minimum Gasteiger partial charge on any atom is -0.496 e. The van der Waals surface area contributed by atoms with E-state index in [2.05, 4.69) is 15.9 Å². The van der Waals surface area contributed by atoms with Gasteiger partial charge in [-0.2, -0.15) is 0 Å². The molecule has 0 aliphatic rings. The van der Waals surface area contributed by atoms with Gasteiger partial charge in [0.25, 0.3) is 0 Å². The number of rotatable bonds is 4.